The first-order valence-electron chi connectivity index (χ1n) is 14.8. The molecule has 1 saturated heterocycles. The highest BCUT2D eigenvalue weighted by atomic mass is 28.4. The number of imidazole rings is 1. The summed E-state index contributed by atoms with van der Waals surface area (Å²) in [5.41, 5.74) is 8.86. The van der Waals surface area contributed by atoms with Crippen LogP contribution in [0.1, 0.15) is 89.0 Å². The largest absolute Gasteiger partial charge is 0.417 e. The molecule has 0 amide bonds. The molecular weight excluding hydrogens is 532 g/mol. The van der Waals surface area contributed by atoms with Gasteiger partial charge in [0.2, 0.25) is 0 Å². The minimum Gasteiger partial charge on any atom is -0.417 e. The molecule has 0 radical (unpaired) electrons. The quantitative estimate of drug-likeness (QED) is 0.151. The van der Waals surface area contributed by atoms with Crippen LogP contribution >= 0.6 is 0 Å². The Morgan fingerprint density at radius 3 is 2.66 bits per heavy atom. The molecular formula is C32H46N4O4Si. The molecule has 222 valence electrons. The summed E-state index contributed by atoms with van der Waals surface area (Å²) in [6.07, 6.45) is 8.08. The topological polar surface area (TPSA) is 97.6 Å². The van der Waals surface area contributed by atoms with Gasteiger partial charge in [0.1, 0.15) is 17.6 Å². The van der Waals surface area contributed by atoms with Crippen LogP contribution in [-0.2, 0) is 13.9 Å². The van der Waals surface area contributed by atoms with Crippen molar-refractivity contribution in [2.75, 3.05) is 19.8 Å². The number of rotatable bonds is 11. The molecule has 3 atom stereocenters. The predicted molar refractivity (Wildman–Crippen MR) is 164 cm³/mol. The molecule has 4 rings (SSSR count). The van der Waals surface area contributed by atoms with E-state index in [4.69, 9.17) is 24.2 Å². The average molecular weight is 579 g/mol. The third-order valence-electron chi connectivity index (χ3n) is 8.10. The highest BCUT2D eigenvalue weighted by molar-refractivity contribution is 6.74. The average Bonchev–Trinajstić information content (AvgIpc) is 3.62. The van der Waals surface area contributed by atoms with Crippen molar-refractivity contribution in [1.82, 2.24) is 14.7 Å². The van der Waals surface area contributed by atoms with Crippen LogP contribution in [0.4, 0.5) is 0 Å². The third-order valence-corrected chi connectivity index (χ3v) is 12.6. The molecule has 1 aliphatic heterocycles. The van der Waals surface area contributed by atoms with Gasteiger partial charge in [0.25, 0.3) is 0 Å². The van der Waals surface area contributed by atoms with Gasteiger partial charge in [0.15, 0.2) is 20.4 Å². The molecule has 3 heterocycles. The van der Waals surface area contributed by atoms with E-state index in [1.54, 1.807) is 6.20 Å². The molecule has 1 aliphatic rings. The van der Waals surface area contributed by atoms with Gasteiger partial charge in [0.05, 0.1) is 6.04 Å². The smallest absolute Gasteiger partial charge is 0.191 e. The van der Waals surface area contributed by atoms with E-state index >= 15 is 0 Å². The Morgan fingerprint density at radius 2 is 1.98 bits per heavy atom. The predicted octanol–water partition coefficient (Wildman–Crippen LogP) is 6.84. The lowest BCUT2D eigenvalue weighted by molar-refractivity contribution is -0.188. The van der Waals surface area contributed by atoms with Crippen molar-refractivity contribution in [2.24, 2.45) is 5.73 Å². The van der Waals surface area contributed by atoms with E-state index in [0.29, 0.717) is 12.3 Å². The van der Waals surface area contributed by atoms with Gasteiger partial charge in [-0.1, -0.05) is 37.8 Å². The van der Waals surface area contributed by atoms with Crippen LogP contribution in [0.25, 0.3) is 11.3 Å². The van der Waals surface area contributed by atoms with Gasteiger partial charge in [-0.05, 0) is 75.0 Å². The summed E-state index contributed by atoms with van der Waals surface area (Å²) in [5, 5.41) is 4.59. The monoisotopic (exact) mass is 578 g/mol. The summed E-state index contributed by atoms with van der Waals surface area (Å²) in [6, 6.07) is 9.76. The van der Waals surface area contributed by atoms with Crippen molar-refractivity contribution >= 4 is 8.32 Å². The van der Waals surface area contributed by atoms with Gasteiger partial charge < -0.3 is 28.7 Å². The van der Waals surface area contributed by atoms with Crippen LogP contribution in [0.5, 0.6) is 0 Å². The third kappa shape index (κ3) is 8.18. The van der Waals surface area contributed by atoms with Crippen LogP contribution in [0, 0.1) is 11.8 Å². The second-order valence-electron chi connectivity index (χ2n) is 12.2. The summed E-state index contributed by atoms with van der Waals surface area (Å²) in [7, 11) is -1.69. The first-order chi connectivity index (χ1) is 19.6. The number of nitrogens with zero attached hydrogens (tertiary/aromatic N) is 3. The van der Waals surface area contributed by atoms with Crippen LogP contribution in [0.15, 0.2) is 47.2 Å². The Hall–Kier alpha value is -2.74. The number of hydrogen-bond donors (Lipinski definition) is 1. The van der Waals surface area contributed by atoms with Gasteiger partial charge in [-0.2, -0.15) is 0 Å². The molecule has 0 bridgehead atoms. The highest BCUT2D eigenvalue weighted by Crippen LogP contribution is 2.36. The lowest BCUT2D eigenvalue weighted by Crippen LogP contribution is -2.40. The number of nitrogens with two attached hydrogens (primary N) is 1. The van der Waals surface area contributed by atoms with E-state index in [9.17, 15) is 0 Å². The lowest BCUT2D eigenvalue weighted by Gasteiger charge is -2.36. The number of ether oxygens (including phenoxy) is 2. The second-order valence-corrected chi connectivity index (χ2v) is 17.0. The van der Waals surface area contributed by atoms with Crippen molar-refractivity contribution in [2.45, 2.75) is 96.4 Å². The Labute approximate surface area is 246 Å². The van der Waals surface area contributed by atoms with Crippen molar-refractivity contribution < 1.29 is 18.4 Å². The fraction of sp³-hybridized carbons (Fsp3) is 0.562. The summed E-state index contributed by atoms with van der Waals surface area (Å²) in [6.45, 7) is 15.2. The van der Waals surface area contributed by atoms with Crippen molar-refractivity contribution in [3.05, 3.63) is 59.8 Å². The first-order valence-corrected chi connectivity index (χ1v) is 17.7. The Kier molecular flexibility index (Phi) is 10.6. The van der Waals surface area contributed by atoms with Crippen LogP contribution in [-0.4, -0.2) is 49.1 Å². The number of unbranched alkanes of at least 4 members (excludes halogenated alkanes) is 1. The highest BCUT2D eigenvalue weighted by Gasteiger charge is 2.36. The lowest BCUT2D eigenvalue weighted by atomic mass is 10.1. The van der Waals surface area contributed by atoms with Gasteiger partial charge in [-0.3, -0.25) is 0 Å². The van der Waals surface area contributed by atoms with Gasteiger partial charge in [-0.25, -0.2) is 4.98 Å². The number of aromatic nitrogens is 3. The zero-order valence-electron chi connectivity index (χ0n) is 25.5. The molecule has 3 aromatic rings. The zero-order chi connectivity index (χ0) is 29.5. The van der Waals surface area contributed by atoms with E-state index < -0.39 is 8.32 Å². The molecule has 0 spiro atoms. The van der Waals surface area contributed by atoms with Gasteiger partial charge >= 0.3 is 0 Å². The SMILES string of the molecule is CC(OC1CCCCO1)c1nccn1C(CN)c1cc(-c2ccc(C#CCCCO[Si](C)(C)C(C)(C)C)cc2)on1. The second kappa shape index (κ2) is 13.9. The van der Waals surface area contributed by atoms with E-state index in [1.165, 1.54) is 0 Å². The standard InChI is InChI=1S/C32H46N4O4Si/c1-24(39-30-13-9-11-20-37-30)31-34-18-19-36(31)28(23-33)27-22-29(40-35-27)26-16-14-25(15-17-26)12-8-7-10-21-38-41(5,6)32(2,3)4/h14-19,22,24,28,30H,7,9-11,13,20-21,23,33H2,1-6H3. The van der Waals surface area contributed by atoms with Crippen LogP contribution < -0.4 is 5.73 Å². The summed E-state index contributed by atoms with van der Waals surface area (Å²) >= 11 is 0. The minimum atomic E-state index is -1.69. The number of benzene rings is 1. The Balaban J connectivity index is 1.35. The molecule has 1 fully saturated rings. The molecule has 1 aromatic carbocycles. The molecule has 2 aromatic heterocycles. The summed E-state index contributed by atoms with van der Waals surface area (Å²) in [5.74, 6) is 8.01. The van der Waals surface area contributed by atoms with E-state index in [0.717, 1.165) is 68.0 Å². The van der Waals surface area contributed by atoms with Crippen molar-refractivity contribution in [3.8, 4) is 23.2 Å². The first kappa shape index (κ1) is 31.2. The fourth-order valence-electron chi connectivity index (χ4n) is 4.56. The number of hydrogen-bond acceptors (Lipinski definition) is 7. The maximum atomic E-state index is 6.24. The van der Waals surface area contributed by atoms with Crippen LogP contribution in [0.2, 0.25) is 18.1 Å². The molecule has 8 nitrogen and oxygen atoms in total. The molecule has 0 aliphatic carbocycles. The summed E-state index contributed by atoms with van der Waals surface area (Å²) < 4.78 is 25.9. The fourth-order valence-corrected chi connectivity index (χ4v) is 5.64. The maximum Gasteiger partial charge on any atom is 0.191 e. The van der Waals surface area contributed by atoms with E-state index in [2.05, 4.69) is 55.8 Å². The van der Waals surface area contributed by atoms with Gasteiger partial charge in [0, 0.05) is 55.8 Å². The minimum absolute atomic E-state index is 0.201. The Morgan fingerprint density at radius 1 is 1.20 bits per heavy atom. The van der Waals surface area contributed by atoms with E-state index in [-0.39, 0.29) is 23.5 Å². The molecule has 3 unspecified atom stereocenters. The molecule has 9 heteroatoms. The zero-order valence-corrected chi connectivity index (χ0v) is 26.5. The molecule has 41 heavy (non-hydrogen) atoms. The van der Waals surface area contributed by atoms with Crippen LogP contribution in [0.3, 0.4) is 0 Å². The summed E-state index contributed by atoms with van der Waals surface area (Å²) in [4.78, 5) is 4.56. The van der Waals surface area contributed by atoms with Crippen molar-refractivity contribution in [3.63, 3.8) is 0 Å². The van der Waals surface area contributed by atoms with Crippen molar-refractivity contribution in [1.29, 1.82) is 0 Å². The Bertz CT molecular complexity index is 1290. The molecule has 0 saturated carbocycles. The van der Waals surface area contributed by atoms with Gasteiger partial charge in [-0.15, -0.1) is 0 Å². The molecule has 2 N–H and O–H groups in total. The maximum absolute atomic E-state index is 6.24. The normalized spacial score (nSPS) is 17.6. The van der Waals surface area contributed by atoms with E-state index in [1.807, 2.05) is 48.0 Å².